The van der Waals surface area contributed by atoms with Crippen LogP contribution in [-0.4, -0.2) is 11.1 Å². The van der Waals surface area contributed by atoms with Crippen LogP contribution in [0.25, 0.3) is 22.3 Å². The summed E-state index contributed by atoms with van der Waals surface area (Å²) in [6, 6.07) is 13.4. The van der Waals surface area contributed by atoms with Gasteiger partial charge in [-0.2, -0.15) is 0 Å². The maximum Gasteiger partial charge on any atom is 0.336 e. The van der Waals surface area contributed by atoms with Crippen LogP contribution in [0.1, 0.15) is 35.7 Å². The molecule has 0 saturated heterocycles. The third kappa shape index (κ3) is 2.75. The fourth-order valence-electron chi connectivity index (χ4n) is 2.55. The summed E-state index contributed by atoms with van der Waals surface area (Å²) in [5.41, 5.74) is 1.84. The normalized spacial score (nSPS) is 11.1. The molecule has 0 saturated carbocycles. The first-order valence-electron chi connectivity index (χ1n) is 7.38. The molecule has 1 heterocycles. The highest BCUT2D eigenvalue weighted by atomic mass is 16.4. The summed E-state index contributed by atoms with van der Waals surface area (Å²) in [5, 5.41) is 9.79. The third-order valence-electron chi connectivity index (χ3n) is 3.84. The maximum absolute atomic E-state index is 12.4. The molecule has 0 aliphatic heterocycles. The number of aromatic carboxylic acids is 1. The lowest BCUT2D eigenvalue weighted by Gasteiger charge is -2.09. The summed E-state index contributed by atoms with van der Waals surface area (Å²) in [6.07, 6.45) is 0. The van der Waals surface area contributed by atoms with Crippen LogP contribution in [0.5, 0.6) is 0 Å². The molecule has 3 rings (SSSR count). The number of carboxylic acid groups (broad SMARTS) is 1. The Morgan fingerprint density at radius 3 is 2.52 bits per heavy atom. The van der Waals surface area contributed by atoms with Crippen molar-refractivity contribution in [2.24, 2.45) is 0 Å². The van der Waals surface area contributed by atoms with Gasteiger partial charge in [0.25, 0.3) is 0 Å². The number of carbonyl (C=O) groups is 1. The van der Waals surface area contributed by atoms with Crippen molar-refractivity contribution in [3.8, 4) is 11.3 Å². The molecule has 0 bridgehead atoms. The molecule has 2 aromatic carbocycles. The van der Waals surface area contributed by atoms with Crippen molar-refractivity contribution in [1.82, 2.24) is 0 Å². The summed E-state index contributed by atoms with van der Waals surface area (Å²) >= 11 is 0. The van der Waals surface area contributed by atoms with Gasteiger partial charge in [-0.15, -0.1) is 0 Å². The Kier molecular flexibility index (Phi) is 3.74. The van der Waals surface area contributed by atoms with Gasteiger partial charge in [0.2, 0.25) is 0 Å². The summed E-state index contributed by atoms with van der Waals surface area (Å²) in [4.78, 5) is 23.8. The van der Waals surface area contributed by atoms with Gasteiger partial charge in [-0.3, -0.25) is 4.79 Å². The van der Waals surface area contributed by atoms with Crippen LogP contribution in [0.3, 0.4) is 0 Å². The van der Waals surface area contributed by atoms with Crippen LogP contribution in [0.15, 0.2) is 57.7 Å². The minimum Gasteiger partial charge on any atom is -0.478 e. The number of benzene rings is 2. The van der Waals surface area contributed by atoms with E-state index >= 15 is 0 Å². The number of rotatable bonds is 3. The molecule has 0 atom stereocenters. The second-order valence-electron chi connectivity index (χ2n) is 5.74. The maximum atomic E-state index is 12.4. The van der Waals surface area contributed by atoms with Crippen molar-refractivity contribution in [3.63, 3.8) is 0 Å². The number of hydrogen-bond donors (Lipinski definition) is 1. The zero-order valence-electron chi connectivity index (χ0n) is 12.9. The summed E-state index contributed by atoms with van der Waals surface area (Å²) in [6.45, 7) is 4.11. The first-order valence-corrected chi connectivity index (χ1v) is 7.38. The van der Waals surface area contributed by atoms with Gasteiger partial charge in [0.05, 0.1) is 10.9 Å². The predicted molar refractivity (Wildman–Crippen MR) is 89.0 cm³/mol. The fourth-order valence-corrected chi connectivity index (χ4v) is 2.55. The lowest BCUT2D eigenvalue weighted by molar-refractivity contribution is 0.0697. The van der Waals surface area contributed by atoms with E-state index in [1.54, 1.807) is 24.3 Å². The van der Waals surface area contributed by atoms with E-state index in [9.17, 15) is 14.7 Å². The van der Waals surface area contributed by atoms with E-state index in [4.69, 9.17) is 4.42 Å². The van der Waals surface area contributed by atoms with E-state index in [2.05, 4.69) is 13.8 Å². The Hall–Kier alpha value is -2.88. The minimum atomic E-state index is -1.06. The topological polar surface area (TPSA) is 67.5 Å². The Morgan fingerprint density at radius 1 is 1.09 bits per heavy atom. The highest BCUT2D eigenvalue weighted by Gasteiger charge is 2.15. The minimum absolute atomic E-state index is 0.105. The summed E-state index contributed by atoms with van der Waals surface area (Å²) in [5.74, 6) is -0.484. The van der Waals surface area contributed by atoms with Gasteiger partial charge in [0.1, 0.15) is 11.3 Å². The molecule has 0 radical (unpaired) electrons. The van der Waals surface area contributed by atoms with Crippen LogP contribution in [0, 0.1) is 0 Å². The lowest BCUT2D eigenvalue weighted by Crippen LogP contribution is -2.04. The molecular weight excluding hydrogens is 292 g/mol. The molecule has 0 aliphatic rings. The average Bonchev–Trinajstić information content (AvgIpc) is 2.54. The van der Waals surface area contributed by atoms with Gasteiger partial charge in [0, 0.05) is 11.6 Å². The van der Waals surface area contributed by atoms with Crippen molar-refractivity contribution in [1.29, 1.82) is 0 Å². The van der Waals surface area contributed by atoms with E-state index < -0.39 is 5.97 Å². The molecule has 116 valence electrons. The first kappa shape index (κ1) is 15.0. The molecule has 3 aromatic rings. The van der Waals surface area contributed by atoms with Gasteiger partial charge in [-0.25, -0.2) is 4.79 Å². The van der Waals surface area contributed by atoms with E-state index in [0.717, 1.165) is 5.56 Å². The Bertz CT molecular complexity index is 951. The Morgan fingerprint density at radius 2 is 1.83 bits per heavy atom. The third-order valence-corrected chi connectivity index (χ3v) is 3.84. The standard InChI is InChI=1S/C19H16O4/c1-11(2)12-7-8-17-15(9-12)16(20)10-18(23-17)13-5-3-4-6-14(13)19(21)22/h3-11H,1-2H3,(H,21,22). The Balaban J connectivity index is 2.24. The first-order chi connectivity index (χ1) is 11.0. The van der Waals surface area contributed by atoms with Gasteiger partial charge in [-0.05, 0) is 29.7 Å². The average molecular weight is 308 g/mol. The monoisotopic (exact) mass is 308 g/mol. The van der Waals surface area contributed by atoms with E-state index in [1.807, 2.05) is 12.1 Å². The van der Waals surface area contributed by atoms with Crippen LogP contribution in [-0.2, 0) is 0 Å². The molecule has 0 aliphatic carbocycles. The molecule has 0 amide bonds. The highest BCUT2D eigenvalue weighted by molar-refractivity contribution is 5.95. The molecule has 0 unspecified atom stereocenters. The van der Waals surface area contributed by atoms with E-state index in [1.165, 1.54) is 12.1 Å². The SMILES string of the molecule is CC(C)c1ccc2oc(-c3ccccc3C(=O)O)cc(=O)c2c1. The second kappa shape index (κ2) is 5.72. The largest absolute Gasteiger partial charge is 0.478 e. The molecule has 0 fully saturated rings. The van der Waals surface area contributed by atoms with Crippen molar-refractivity contribution >= 4 is 16.9 Å². The van der Waals surface area contributed by atoms with Crippen molar-refractivity contribution < 1.29 is 14.3 Å². The second-order valence-corrected chi connectivity index (χ2v) is 5.74. The van der Waals surface area contributed by atoms with E-state index in [0.29, 0.717) is 22.5 Å². The molecule has 23 heavy (non-hydrogen) atoms. The molecule has 0 spiro atoms. The molecule has 4 nitrogen and oxygen atoms in total. The van der Waals surface area contributed by atoms with Crippen molar-refractivity contribution in [2.45, 2.75) is 19.8 Å². The number of fused-ring (bicyclic) bond motifs is 1. The highest BCUT2D eigenvalue weighted by Crippen LogP contribution is 2.27. The summed E-state index contributed by atoms with van der Waals surface area (Å²) in [7, 11) is 0. The fraction of sp³-hybridized carbons (Fsp3) is 0.158. The number of carboxylic acids is 1. The van der Waals surface area contributed by atoms with Crippen LogP contribution in [0.2, 0.25) is 0 Å². The number of hydrogen-bond acceptors (Lipinski definition) is 3. The van der Waals surface area contributed by atoms with Crippen LogP contribution >= 0.6 is 0 Å². The van der Waals surface area contributed by atoms with Crippen LogP contribution < -0.4 is 5.43 Å². The van der Waals surface area contributed by atoms with Gasteiger partial charge in [-0.1, -0.05) is 38.1 Å². The van der Waals surface area contributed by atoms with Gasteiger partial charge < -0.3 is 9.52 Å². The van der Waals surface area contributed by atoms with Crippen LogP contribution in [0.4, 0.5) is 0 Å². The molecule has 1 N–H and O–H groups in total. The predicted octanol–water partition coefficient (Wildman–Crippen LogP) is 4.28. The van der Waals surface area contributed by atoms with Crippen molar-refractivity contribution in [3.05, 3.63) is 69.9 Å². The van der Waals surface area contributed by atoms with Crippen molar-refractivity contribution in [2.75, 3.05) is 0 Å². The smallest absolute Gasteiger partial charge is 0.336 e. The molecule has 4 heteroatoms. The van der Waals surface area contributed by atoms with Gasteiger partial charge in [0.15, 0.2) is 5.43 Å². The zero-order valence-corrected chi connectivity index (χ0v) is 12.9. The quantitative estimate of drug-likeness (QED) is 0.784. The molecular formula is C19H16O4. The zero-order chi connectivity index (χ0) is 16.6. The van der Waals surface area contributed by atoms with E-state index in [-0.39, 0.29) is 16.8 Å². The molecule has 1 aromatic heterocycles. The van der Waals surface area contributed by atoms with Gasteiger partial charge >= 0.3 is 5.97 Å². The summed E-state index contributed by atoms with van der Waals surface area (Å²) < 4.78 is 5.79. The Labute approximate surface area is 133 Å². The lowest BCUT2D eigenvalue weighted by atomic mass is 10.0.